The molecular weight excluding hydrogens is 640 g/mol. The third-order valence-electron chi connectivity index (χ3n) is 18.0. The second kappa shape index (κ2) is 11.5. The molecule has 6 saturated carbocycles. The fraction of sp³-hybridized carbons (Fsp3) is 0.925. The van der Waals surface area contributed by atoms with Crippen molar-refractivity contribution < 1.29 is 50.0 Å². The van der Waals surface area contributed by atoms with Gasteiger partial charge in [-0.05, 0) is 116 Å². The van der Waals surface area contributed by atoms with E-state index in [0.29, 0.717) is 19.3 Å². The molecule has 7 fully saturated rings. The van der Waals surface area contributed by atoms with E-state index in [0.717, 1.165) is 64.2 Å². The van der Waals surface area contributed by atoms with Crippen LogP contribution in [0.4, 0.5) is 0 Å². The van der Waals surface area contributed by atoms with Gasteiger partial charge in [0, 0.05) is 17.4 Å². The fourth-order valence-corrected chi connectivity index (χ4v) is 16.0. The van der Waals surface area contributed by atoms with Crippen molar-refractivity contribution in [3.05, 3.63) is 11.6 Å². The van der Waals surface area contributed by atoms with E-state index in [4.69, 9.17) is 9.47 Å². The number of carboxylic acids is 1. The predicted octanol–water partition coefficient (Wildman–Crippen LogP) is 3.78. The lowest BCUT2D eigenvalue weighted by atomic mass is 9.24. The molecule has 17 unspecified atom stereocenters. The summed E-state index contributed by atoms with van der Waals surface area (Å²) in [5, 5.41) is 76.5. The summed E-state index contributed by atoms with van der Waals surface area (Å²) in [6.07, 6.45) is 6.46. The Bertz CT molecular complexity index is 1420. The molecule has 7 aliphatic carbocycles. The van der Waals surface area contributed by atoms with Crippen LogP contribution in [0.3, 0.4) is 0 Å². The van der Waals surface area contributed by atoms with Crippen LogP contribution in [0.1, 0.15) is 111 Å². The number of aliphatic hydroxyl groups excluding tert-OH is 6. The first-order valence-corrected chi connectivity index (χ1v) is 19.7. The molecule has 1 aliphatic heterocycles. The molecule has 8 rings (SSSR count). The minimum Gasteiger partial charge on any atom is -0.481 e. The molecule has 7 N–H and O–H groups in total. The standard InChI is InChI=1S/C40H62O10/c1-34(20-41)15-22-7-5-8-23-16-39(22,33(47)48)25(17-34)24-9-14-38-11-6-12-40(23,24)37(38,4)13-10-28-35(2,21-42)31(26(43)18-36(28,38)3)50-32-30(46)29(45)27(44)19-49-32/h9,22-23,25-32,41-46H,5-8,10-21H2,1-4H3,(H,47,48). The highest BCUT2D eigenvalue weighted by Gasteiger charge is 2.80. The summed E-state index contributed by atoms with van der Waals surface area (Å²) in [7, 11) is 0. The number of allylic oxidation sites excluding steroid dienone is 2. The number of carbonyl (C=O) groups is 1. The van der Waals surface area contributed by atoms with E-state index in [1.54, 1.807) is 0 Å². The normalized spacial score (nSPS) is 58.5. The molecule has 282 valence electrons. The van der Waals surface area contributed by atoms with Gasteiger partial charge in [-0.2, -0.15) is 0 Å². The van der Waals surface area contributed by atoms with Crippen molar-refractivity contribution in [3.63, 3.8) is 0 Å². The van der Waals surface area contributed by atoms with E-state index in [9.17, 15) is 40.5 Å². The minimum atomic E-state index is -1.49. The van der Waals surface area contributed by atoms with Gasteiger partial charge in [0.2, 0.25) is 0 Å². The smallest absolute Gasteiger partial charge is 0.310 e. The molecule has 0 amide bonds. The molecule has 0 aromatic carbocycles. The Morgan fingerprint density at radius 2 is 1.60 bits per heavy atom. The van der Waals surface area contributed by atoms with Gasteiger partial charge < -0.3 is 45.2 Å². The lowest BCUT2D eigenvalue weighted by molar-refractivity contribution is -0.345. The fourth-order valence-electron chi connectivity index (χ4n) is 16.0. The maximum atomic E-state index is 13.7. The Hall–Kier alpha value is -1.11. The number of aliphatic carboxylic acids is 1. The highest BCUT2D eigenvalue weighted by Crippen LogP contribution is 2.85. The molecule has 1 spiro atoms. The Labute approximate surface area is 296 Å². The van der Waals surface area contributed by atoms with Crippen LogP contribution in [0.25, 0.3) is 0 Å². The van der Waals surface area contributed by atoms with Gasteiger partial charge in [-0.15, -0.1) is 0 Å². The Morgan fingerprint density at radius 1 is 0.860 bits per heavy atom. The quantitative estimate of drug-likeness (QED) is 0.165. The zero-order valence-electron chi connectivity index (χ0n) is 30.5. The van der Waals surface area contributed by atoms with Crippen LogP contribution in [-0.4, -0.2) is 98.3 Å². The Kier molecular flexibility index (Phi) is 8.22. The monoisotopic (exact) mass is 702 g/mol. The van der Waals surface area contributed by atoms with E-state index in [2.05, 4.69) is 26.8 Å². The second-order valence-electron chi connectivity index (χ2n) is 19.7. The number of fused-ring (bicyclic) bond motifs is 3. The van der Waals surface area contributed by atoms with Crippen LogP contribution in [0, 0.1) is 61.6 Å². The van der Waals surface area contributed by atoms with Gasteiger partial charge in [0.1, 0.15) is 18.3 Å². The van der Waals surface area contributed by atoms with E-state index >= 15 is 0 Å². The van der Waals surface area contributed by atoms with Crippen LogP contribution in [-0.2, 0) is 14.3 Å². The Morgan fingerprint density at radius 3 is 2.30 bits per heavy atom. The van der Waals surface area contributed by atoms with Crippen LogP contribution < -0.4 is 0 Å². The lowest BCUT2D eigenvalue weighted by Gasteiger charge is -2.80. The van der Waals surface area contributed by atoms with Gasteiger partial charge in [-0.3, -0.25) is 4.79 Å². The first kappa shape index (κ1) is 35.9. The van der Waals surface area contributed by atoms with Crippen LogP contribution in [0.15, 0.2) is 11.6 Å². The third-order valence-corrected chi connectivity index (χ3v) is 18.0. The molecule has 0 radical (unpaired) electrons. The van der Waals surface area contributed by atoms with Crippen LogP contribution in [0.2, 0.25) is 0 Å². The zero-order chi connectivity index (χ0) is 35.9. The largest absolute Gasteiger partial charge is 0.481 e. The SMILES string of the molecule is CC1(CO)CC2CCCC3CC2(C(=O)O)C(C1)C1=CCC24CCCC13C2(C)CCC1C(C)(CO)C(OC2OCC(O)C(O)C2O)C(O)CC14C. The summed E-state index contributed by atoms with van der Waals surface area (Å²) in [6, 6.07) is 0. The average Bonchev–Trinajstić information content (AvgIpc) is 3.25. The topological polar surface area (TPSA) is 177 Å². The van der Waals surface area contributed by atoms with E-state index < -0.39 is 53.6 Å². The van der Waals surface area contributed by atoms with Gasteiger partial charge in [0.05, 0.1) is 30.8 Å². The van der Waals surface area contributed by atoms with Gasteiger partial charge in [-0.25, -0.2) is 0 Å². The van der Waals surface area contributed by atoms with Crippen molar-refractivity contribution in [1.82, 2.24) is 0 Å². The molecule has 1 saturated heterocycles. The molecular formula is C40H62O10. The summed E-state index contributed by atoms with van der Waals surface area (Å²) in [6.45, 7) is 8.68. The van der Waals surface area contributed by atoms with Crippen LogP contribution in [0.5, 0.6) is 0 Å². The molecule has 50 heavy (non-hydrogen) atoms. The second-order valence-corrected chi connectivity index (χ2v) is 19.7. The first-order chi connectivity index (χ1) is 23.5. The highest BCUT2D eigenvalue weighted by molar-refractivity contribution is 5.77. The van der Waals surface area contributed by atoms with Crippen molar-refractivity contribution in [1.29, 1.82) is 0 Å². The number of ether oxygens (including phenoxy) is 2. The van der Waals surface area contributed by atoms with E-state index in [1.165, 1.54) is 5.57 Å². The van der Waals surface area contributed by atoms with Crippen molar-refractivity contribution in [2.45, 2.75) is 148 Å². The predicted molar refractivity (Wildman–Crippen MR) is 182 cm³/mol. The number of hydrogen-bond acceptors (Lipinski definition) is 9. The summed E-state index contributed by atoms with van der Waals surface area (Å²) in [5.41, 5.74) is -1.49. The molecule has 1 heterocycles. The maximum absolute atomic E-state index is 13.7. The molecule has 0 aromatic heterocycles. The van der Waals surface area contributed by atoms with Crippen molar-refractivity contribution in [2.75, 3.05) is 19.8 Å². The molecule has 0 aromatic rings. The highest BCUT2D eigenvalue weighted by atomic mass is 16.7. The Balaban J connectivity index is 1.23. The van der Waals surface area contributed by atoms with Crippen LogP contribution >= 0.6 is 0 Å². The summed E-state index contributed by atoms with van der Waals surface area (Å²) in [5.74, 6) is -0.442. The average molecular weight is 703 g/mol. The maximum Gasteiger partial charge on any atom is 0.310 e. The van der Waals surface area contributed by atoms with Crippen molar-refractivity contribution >= 4 is 5.97 Å². The molecule has 10 nitrogen and oxygen atoms in total. The lowest BCUT2D eigenvalue weighted by Crippen LogP contribution is -2.76. The molecule has 10 heteroatoms. The summed E-state index contributed by atoms with van der Waals surface area (Å²) >= 11 is 0. The minimum absolute atomic E-state index is 0.0181. The number of rotatable bonds is 5. The number of carboxylic acid groups (broad SMARTS) is 1. The van der Waals surface area contributed by atoms with Gasteiger partial charge in [0.25, 0.3) is 0 Å². The van der Waals surface area contributed by atoms with E-state index in [1.807, 2.05) is 6.92 Å². The zero-order valence-corrected chi connectivity index (χ0v) is 30.5. The van der Waals surface area contributed by atoms with Gasteiger partial charge in [0.15, 0.2) is 6.29 Å². The molecule has 4 bridgehead atoms. The first-order valence-electron chi connectivity index (χ1n) is 19.7. The number of hydrogen-bond donors (Lipinski definition) is 7. The van der Waals surface area contributed by atoms with E-state index in [-0.39, 0.29) is 70.6 Å². The summed E-state index contributed by atoms with van der Waals surface area (Å²) < 4.78 is 12.0. The summed E-state index contributed by atoms with van der Waals surface area (Å²) in [4.78, 5) is 13.7. The number of aliphatic hydroxyl groups is 6. The van der Waals surface area contributed by atoms with Crippen molar-refractivity contribution in [2.24, 2.45) is 61.6 Å². The third kappa shape index (κ3) is 4.12. The molecule has 17 atom stereocenters. The van der Waals surface area contributed by atoms with Crippen molar-refractivity contribution in [3.8, 4) is 0 Å². The van der Waals surface area contributed by atoms with Gasteiger partial charge >= 0.3 is 5.97 Å². The molecule has 8 aliphatic rings. The van der Waals surface area contributed by atoms with Gasteiger partial charge in [-0.1, -0.05) is 52.2 Å².